The second kappa shape index (κ2) is 9.26. The Labute approximate surface area is 161 Å². The molecule has 0 aliphatic heterocycles. The van der Waals surface area contributed by atoms with Crippen LogP contribution in [0.2, 0.25) is 0 Å². The normalized spacial score (nSPS) is 10.4. The third kappa shape index (κ3) is 4.70. The van der Waals surface area contributed by atoms with Crippen molar-refractivity contribution in [2.75, 3.05) is 33.8 Å². The quantitative estimate of drug-likeness (QED) is 0.420. The lowest BCUT2D eigenvalue weighted by Crippen LogP contribution is -2.09. The number of benzene rings is 2. The van der Waals surface area contributed by atoms with Crippen LogP contribution >= 0.6 is 0 Å². The van der Waals surface area contributed by atoms with Gasteiger partial charge in [-0.25, -0.2) is 0 Å². The van der Waals surface area contributed by atoms with Crippen LogP contribution in [0, 0.1) is 10.1 Å². The van der Waals surface area contributed by atoms with E-state index in [0.29, 0.717) is 28.5 Å². The van der Waals surface area contributed by atoms with Crippen LogP contribution in [0.1, 0.15) is 5.56 Å². The van der Waals surface area contributed by atoms with Crippen molar-refractivity contribution in [2.24, 2.45) is 0 Å². The van der Waals surface area contributed by atoms with Crippen LogP contribution in [0.5, 0.6) is 23.0 Å². The van der Waals surface area contributed by atoms with Crippen LogP contribution in [0.25, 0.3) is 6.08 Å². The summed E-state index contributed by atoms with van der Waals surface area (Å²) in [5.74, 6) is 1.10. The van der Waals surface area contributed by atoms with Crippen molar-refractivity contribution in [3.05, 3.63) is 52.1 Å². The number of nitrogens with zero attached hydrogens (tertiary/aromatic N) is 1. The molecule has 28 heavy (non-hydrogen) atoms. The molecule has 148 valence electrons. The standard InChI is InChI=1S/C19H20N2O7/c1-25-15-11-13(21(23)24)6-7-14(15)20-18(22)8-5-12-9-16(26-2)19(28-4)17(10-12)27-3/h5-11H,1-4H3,(H,20,22)/b8-5+. The van der Waals surface area contributed by atoms with Crippen LogP contribution in [-0.4, -0.2) is 39.3 Å². The van der Waals surface area contributed by atoms with Gasteiger partial charge in [-0.3, -0.25) is 14.9 Å². The SMILES string of the molecule is COc1cc([N+](=O)[O-])ccc1NC(=O)/C=C/c1cc(OC)c(OC)c(OC)c1. The Bertz CT molecular complexity index is 884. The number of hydrogen-bond acceptors (Lipinski definition) is 7. The molecule has 1 N–H and O–H groups in total. The number of nitro benzene ring substituents is 1. The molecule has 9 nitrogen and oxygen atoms in total. The predicted molar refractivity (Wildman–Crippen MR) is 103 cm³/mol. The lowest BCUT2D eigenvalue weighted by Gasteiger charge is -2.12. The van der Waals surface area contributed by atoms with E-state index in [1.165, 1.54) is 52.7 Å². The number of nitro groups is 1. The molecule has 0 aromatic heterocycles. The smallest absolute Gasteiger partial charge is 0.273 e. The summed E-state index contributed by atoms with van der Waals surface area (Å²) in [5.41, 5.74) is 0.829. The minimum absolute atomic E-state index is 0.136. The molecular weight excluding hydrogens is 368 g/mol. The molecule has 0 saturated carbocycles. The zero-order chi connectivity index (χ0) is 20.7. The van der Waals surface area contributed by atoms with E-state index in [-0.39, 0.29) is 11.4 Å². The Morgan fingerprint density at radius 3 is 2.07 bits per heavy atom. The van der Waals surface area contributed by atoms with Gasteiger partial charge in [0, 0.05) is 12.1 Å². The second-order valence-corrected chi connectivity index (χ2v) is 5.42. The Morgan fingerprint density at radius 2 is 1.57 bits per heavy atom. The third-order valence-corrected chi connectivity index (χ3v) is 3.77. The van der Waals surface area contributed by atoms with E-state index in [2.05, 4.69) is 5.32 Å². The average Bonchev–Trinajstić information content (AvgIpc) is 2.71. The summed E-state index contributed by atoms with van der Waals surface area (Å²) in [4.78, 5) is 22.5. The number of hydrogen-bond donors (Lipinski definition) is 1. The fourth-order valence-electron chi connectivity index (χ4n) is 2.44. The van der Waals surface area contributed by atoms with Crippen molar-refractivity contribution in [2.45, 2.75) is 0 Å². The highest BCUT2D eigenvalue weighted by Gasteiger charge is 2.14. The van der Waals surface area contributed by atoms with Crippen molar-refractivity contribution in [1.82, 2.24) is 0 Å². The molecule has 0 saturated heterocycles. The predicted octanol–water partition coefficient (Wildman–Crippen LogP) is 3.28. The van der Waals surface area contributed by atoms with E-state index >= 15 is 0 Å². The molecule has 0 radical (unpaired) electrons. The van der Waals surface area contributed by atoms with Crippen molar-refractivity contribution >= 4 is 23.4 Å². The van der Waals surface area contributed by atoms with Gasteiger partial charge in [0.15, 0.2) is 11.5 Å². The first kappa shape index (κ1) is 20.6. The Morgan fingerprint density at radius 1 is 0.964 bits per heavy atom. The van der Waals surface area contributed by atoms with Crippen LogP contribution in [-0.2, 0) is 4.79 Å². The monoisotopic (exact) mass is 388 g/mol. The van der Waals surface area contributed by atoms with Gasteiger partial charge in [-0.1, -0.05) is 0 Å². The fourth-order valence-corrected chi connectivity index (χ4v) is 2.44. The first-order valence-corrected chi connectivity index (χ1v) is 8.05. The molecule has 1 amide bonds. The average molecular weight is 388 g/mol. The van der Waals surface area contributed by atoms with Gasteiger partial charge in [-0.05, 0) is 29.8 Å². The molecular formula is C19H20N2O7. The number of carbonyl (C=O) groups excluding carboxylic acids is 1. The van der Waals surface area contributed by atoms with Crippen LogP contribution in [0.3, 0.4) is 0 Å². The molecule has 9 heteroatoms. The summed E-state index contributed by atoms with van der Waals surface area (Å²) in [7, 11) is 5.86. The molecule has 0 atom stereocenters. The molecule has 0 fully saturated rings. The molecule has 2 rings (SSSR count). The van der Waals surface area contributed by atoms with Gasteiger partial charge in [0.05, 0.1) is 45.1 Å². The minimum Gasteiger partial charge on any atom is -0.494 e. The van der Waals surface area contributed by atoms with Gasteiger partial charge >= 0.3 is 0 Å². The summed E-state index contributed by atoms with van der Waals surface area (Å²) in [5, 5.41) is 13.5. The van der Waals surface area contributed by atoms with Crippen molar-refractivity contribution in [3.63, 3.8) is 0 Å². The number of ether oxygens (including phenoxy) is 4. The number of methoxy groups -OCH3 is 4. The Kier molecular flexibility index (Phi) is 6.80. The summed E-state index contributed by atoms with van der Waals surface area (Å²) in [6, 6.07) is 7.30. The van der Waals surface area contributed by atoms with Crippen molar-refractivity contribution in [3.8, 4) is 23.0 Å². The zero-order valence-corrected chi connectivity index (χ0v) is 15.8. The topological polar surface area (TPSA) is 109 Å². The molecule has 0 aliphatic rings. The lowest BCUT2D eigenvalue weighted by molar-refractivity contribution is -0.384. The van der Waals surface area contributed by atoms with E-state index in [0.717, 1.165) is 0 Å². The first-order valence-electron chi connectivity index (χ1n) is 8.05. The largest absolute Gasteiger partial charge is 0.494 e. The number of anilines is 1. The summed E-state index contributed by atoms with van der Waals surface area (Å²) < 4.78 is 20.9. The molecule has 0 heterocycles. The van der Waals surface area contributed by atoms with Crippen LogP contribution < -0.4 is 24.3 Å². The Hall–Kier alpha value is -3.75. The lowest BCUT2D eigenvalue weighted by atomic mass is 10.1. The first-order chi connectivity index (χ1) is 13.4. The molecule has 2 aromatic rings. The van der Waals surface area contributed by atoms with E-state index < -0.39 is 10.8 Å². The summed E-state index contributed by atoms with van der Waals surface area (Å²) in [6.07, 6.45) is 2.87. The molecule has 2 aromatic carbocycles. The maximum Gasteiger partial charge on any atom is 0.273 e. The number of amides is 1. The van der Waals surface area contributed by atoms with Gasteiger partial charge in [-0.15, -0.1) is 0 Å². The minimum atomic E-state index is -0.543. The van der Waals surface area contributed by atoms with Gasteiger partial charge in [0.2, 0.25) is 11.7 Å². The van der Waals surface area contributed by atoms with Gasteiger partial charge in [0.25, 0.3) is 5.69 Å². The van der Waals surface area contributed by atoms with Gasteiger partial charge in [0.1, 0.15) is 5.75 Å². The van der Waals surface area contributed by atoms with E-state index in [1.807, 2.05) is 0 Å². The molecule has 0 spiro atoms. The van der Waals surface area contributed by atoms with Gasteiger partial charge < -0.3 is 24.3 Å². The number of rotatable bonds is 8. The highest BCUT2D eigenvalue weighted by molar-refractivity contribution is 6.03. The van der Waals surface area contributed by atoms with Crippen molar-refractivity contribution in [1.29, 1.82) is 0 Å². The van der Waals surface area contributed by atoms with Gasteiger partial charge in [-0.2, -0.15) is 0 Å². The maximum absolute atomic E-state index is 12.2. The van der Waals surface area contributed by atoms with Crippen LogP contribution in [0.4, 0.5) is 11.4 Å². The van der Waals surface area contributed by atoms with E-state index in [9.17, 15) is 14.9 Å². The number of carbonyl (C=O) groups is 1. The molecule has 0 unspecified atom stereocenters. The maximum atomic E-state index is 12.2. The highest BCUT2D eigenvalue weighted by atomic mass is 16.6. The molecule has 0 bridgehead atoms. The van der Waals surface area contributed by atoms with E-state index in [1.54, 1.807) is 18.2 Å². The number of non-ortho nitro benzene ring substituents is 1. The van der Waals surface area contributed by atoms with E-state index in [4.69, 9.17) is 18.9 Å². The van der Waals surface area contributed by atoms with Crippen molar-refractivity contribution < 1.29 is 28.7 Å². The van der Waals surface area contributed by atoms with Crippen LogP contribution in [0.15, 0.2) is 36.4 Å². The number of nitrogens with one attached hydrogen (secondary N) is 1. The summed E-state index contributed by atoms with van der Waals surface area (Å²) in [6.45, 7) is 0. The second-order valence-electron chi connectivity index (χ2n) is 5.42. The molecule has 0 aliphatic carbocycles. The highest BCUT2D eigenvalue weighted by Crippen LogP contribution is 2.38. The third-order valence-electron chi connectivity index (χ3n) is 3.77. The Balaban J connectivity index is 2.21. The summed E-state index contributed by atoms with van der Waals surface area (Å²) >= 11 is 0. The zero-order valence-electron chi connectivity index (χ0n) is 15.8. The fraction of sp³-hybridized carbons (Fsp3) is 0.211.